The molecule has 1 saturated heterocycles. The van der Waals surface area contributed by atoms with E-state index in [-0.39, 0.29) is 29.2 Å². The summed E-state index contributed by atoms with van der Waals surface area (Å²) in [6.45, 7) is 13.6. The molecule has 0 bridgehead atoms. The van der Waals surface area contributed by atoms with E-state index < -0.39 is 0 Å². The molecule has 0 aromatic heterocycles. The van der Waals surface area contributed by atoms with Crippen molar-refractivity contribution in [2.75, 3.05) is 13.2 Å². The van der Waals surface area contributed by atoms with Crippen LogP contribution in [0.1, 0.15) is 48.0 Å². The molecule has 0 aliphatic carbocycles. The van der Waals surface area contributed by atoms with Crippen LogP contribution in [0.4, 0.5) is 0 Å². The standard InChI is InChI=1S/C13H27NO2/c1-11(2)9-10(16)12(3,4)13(5,6)14(11)7-8-15/h10,15-16H,7-9H2,1-6H3. The Bertz CT molecular complexity index is 259. The lowest BCUT2D eigenvalue weighted by Crippen LogP contribution is -2.70. The van der Waals surface area contributed by atoms with E-state index in [1.165, 1.54) is 0 Å². The van der Waals surface area contributed by atoms with E-state index in [1.54, 1.807) is 0 Å². The van der Waals surface area contributed by atoms with Gasteiger partial charge in [-0.1, -0.05) is 13.8 Å². The third kappa shape index (κ3) is 1.89. The zero-order chi connectivity index (χ0) is 12.8. The highest BCUT2D eigenvalue weighted by Gasteiger charge is 2.55. The first-order valence-electron chi connectivity index (χ1n) is 6.14. The van der Waals surface area contributed by atoms with Crippen molar-refractivity contribution in [2.24, 2.45) is 5.41 Å². The number of rotatable bonds is 2. The van der Waals surface area contributed by atoms with Crippen LogP contribution in [0.2, 0.25) is 0 Å². The lowest BCUT2D eigenvalue weighted by molar-refractivity contribution is -0.168. The van der Waals surface area contributed by atoms with Crippen LogP contribution in [-0.4, -0.2) is 45.4 Å². The fraction of sp³-hybridized carbons (Fsp3) is 1.00. The maximum absolute atomic E-state index is 10.3. The van der Waals surface area contributed by atoms with Crippen molar-refractivity contribution < 1.29 is 10.2 Å². The van der Waals surface area contributed by atoms with E-state index in [4.69, 9.17) is 0 Å². The second-order valence-electron chi connectivity index (χ2n) is 6.69. The molecule has 1 atom stereocenters. The summed E-state index contributed by atoms with van der Waals surface area (Å²) in [4.78, 5) is 2.33. The van der Waals surface area contributed by atoms with Crippen molar-refractivity contribution in [3.8, 4) is 0 Å². The van der Waals surface area contributed by atoms with Gasteiger partial charge in [-0.25, -0.2) is 0 Å². The zero-order valence-electron chi connectivity index (χ0n) is 11.5. The number of aliphatic hydroxyl groups excluding tert-OH is 2. The summed E-state index contributed by atoms with van der Waals surface area (Å²) in [6.07, 6.45) is 0.455. The molecule has 1 heterocycles. The summed E-state index contributed by atoms with van der Waals surface area (Å²) >= 11 is 0. The topological polar surface area (TPSA) is 43.7 Å². The molecule has 2 N–H and O–H groups in total. The lowest BCUT2D eigenvalue weighted by atomic mass is 9.62. The quantitative estimate of drug-likeness (QED) is 0.756. The first-order chi connectivity index (χ1) is 7.07. The third-order valence-corrected chi connectivity index (χ3v) is 4.83. The predicted molar refractivity (Wildman–Crippen MR) is 66.4 cm³/mol. The predicted octanol–water partition coefficient (Wildman–Crippen LogP) is 1.63. The Labute approximate surface area is 99.5 Å². The smallest absolute Gasteiger partial charge is 0.0626 e. The second kappa shape index (κ2) is 3.97. The Hall–Kier alpha value is -0.120. The molecule has 1 rings (SSSR count). The minimum absolute atomic E-state index is 0.0683. The Balaban J connectivity index is 3.12. The van der Waals surface area contributed by atoms with E-state index in [1.807, 2.05) is 0 Å². The van der Waals surface area contributed by atoms with E-state index in [9.17, 15) is 10.2 Å². The van der Waals surface area contributed by atoms with Crippen LogP contribution in [0.25, 0.3) is 0 Å². The molecular weight excluding hydrogens is 202 g/mol. The number of piperidine rings is 1. The van der Waals surface area contributed by atoms with Gasteiger partial charge in [0.25, 0.3) is 0 Å². The van der Waals surface area contributed by atoms with Gasteiger partial charge in [0.05, 0.1) is 12.7 Å². The largest absolute Gasteiger partial charge is 0.395 e. The average Bonchev–Trinajstić information content (AvgIpc) is 2.10. The molecule has 0 amide bonds. The summed E-state index contributed by atoms with van der Waals surface area (Å²) in [7, 11) is 0. The Morgan fingerprint density at radius 3 is 2.06 bits per heavy atom. The fourth-order valence-corrected chi connectivity index (χ4v) is 3.03. The molecule has 1 unspecified atom stereocenters. The highest BCUT2D eigenvalue weighted by Crippen LogP contribution is 2.49. The molecule has 0 aromatic carbocycles. The summed E-state index contributed by atoms with van der Waals surface area (Å²) in [5.74, 6) is 0. The SMILES string of the molecule is CC1(C)CC(O)C(C)(C)C(C)(C)N1CCO. The van der Waals surface area contributed by atoms with Gasteiger partial charge in [-0.15, -0.1) is 0 Å². The minimum Gasteiger partial charge on any atom is -0.395 e. The molecule has 0 aromatic rings. The Kier molecular flexibility index (Phi) is 3.46. The Morgan fingerprint density at radius 1 is 1.12 bits per heavy atom. The van der Waals surface area contributed by atoms with Crippen LogP contribution in [0.3, 0.4) is 0 Å². The molecule has 1 aliphatic heterocycles. The molecule has 0 radical (unpaired) electrons. The van der Waals surface area contributed by atoms with Crippen LogP contribution in [0, 0.1) is 5.41 Å². The minimum atomic E-state index is -0.299. The van der Waals surface area contributed by atoms with E-state index in [2.05, 4.69) is 46.4 Å². The second-order valence-corrected chi connectivity index (χ2v) is 6.69. The van der Waals surface area contributed by atoms with Crippen molar-refractivity contribution in [1.82, 2.24) is 4.90 Å². The molecule has 0 spiro atoms. The van der Waals surface area contributed by atoms with E-state index in [0.717, 1.165) is 6.42 Å². The number of nitrogens with zero attached hydrogens (tertiary/aromatic N) is 1. The molecular formula is C13H27NO2. The van der Waals surface area contributed by atoms with Crippen molar-refractivity contribution in [1.29, 1.82) is 0 Å². The highest BCUT2D eigenvalue weighted by atomic mass is 16.3. The molecule has 96 valence electrons. The van der Waals surface area contributed by atoms with Crippen molar-refractivity contribution in [3.05, 3.63) is 0 Å². The van der Waals surface area contributed by atoms with Gasteiger partial charge in [0, 0.05) is 23.0 Å². The van der Waals surface area contributed by atoms with Crippen LogP contribution >= 0.6 is 0 Å². The Morgan fingerprint density at radius 2 is 1.62 bits per heavy atom. The van der Waals surface area contributed by atoms with Gasteiger partial charge in [-0.05, 0) is 34.1 Å². The van der Waals surface area contributed by atoms with Crippen LogP contribution < -0.4 is 0 Å². The third-order valence-electron chi connectivity index (χ3n) is 4.83. The maximum Gasteiger partial charge on any atom is 0.0626 e. The molecule has 16 heavy (non-hydrogen) atoms. The summed E-state index contributed by atoms with van der Waals surface area (Å²) in [6, 6.07) is 0. The van der Waals surface area contributed by atoms with Gasteiger partial charge in [-0.3, -0.25) is 4.90 Å². The van der Waals surface area contributed by atoms with Crippen molar-refractivity contribution in [2.45, 2.75) is 65.1 Å². The first-order valence-corrected chi connectivity index (χ1v) is 6.14. The number of hydrogen-bond donors (Lipinski definition) is 2. The zero-order valence-corrected chi connectivity index (χ0v) is 11.5. The molecule has 1 aliphatic rings. The molecule has 1 fully saturated rings. The van der Waals surface area contributed by atoms with Gasteiger partial charge in [-0.2, -0.15) is 0 Å². The monoisotopic (exact) mass is 229 g/mol. The fourth-order valence-electron chi connectivity index (χ4n) is 3.03. The van der Waals surface area contributed by atoms with Gasteiger partial charge < -0.3 is 10.2 Å². The van der Waals surface area contributed by atoms with Crippen LogP contribution in [0.15, 0.2) is 0 Å². The summed E-state index contributed by atoms with van der Waals surface area (Å²) in [5.41, 5.74) is -0.365. The van der Waals surface area contributed by atoms with Gasteiger partial charge in [0.1, 0.15) is 0 Å². The summed E-state index contributed by atoms with van der Waals surface area (Å²) < 4.78 is 0. The normalized spacial score (nSPS) is 32.6. The summed E-state index contributed by atoms with van der Waals surface area (Å²) in [5, 5.41) is 19.5. The maximum atomic E-state index is 10.3. The van der Waals surface area contributed by atoms with Crippen LogP contribution in [0.5, 0.6) is 0 Å². The first kappa shape index (κ1) is 13.9. The number of likely N-dealkylation sites (tertiary alicyclic amines) is 1. The van der Waals surface area contributed by atoms with Crippen molar-refractivity contribution >= 4 is 0 Å². The highest BCUT2D eigenvalue weighted by molar-refractivity contribution is 5.09. The van der Waals surface area contributed by atoms with Crippen molar-refractivity contribution in [3.63, 3.8) is 0 Å². The molecule has 0 saturated carbocycles. The van der Waals surface area contributed by atoms with Gasteiger partial charge in [0.15, 0.2) is 0 Å². The van der Waals surface area contributed by atoms with Gasteiger partial charge in [0.2, 0.25) is 0 Å². The van der Waals surface area contributed by atoms with Crippen LogP contribution in [-0.2, 0) is 0 Å². The molecule has 3 heteroatoms. The average molecular weight is 229 g/mol. The number of hydrogen-bond acceptors (Lipinski definition) is 3. The number of aliphatic hydroxyl groups is 2. The van der Waals surface area contributed by atoms with E-state index in [0.29, 0.717) is 6.54 Å². The van der Waals surface area contributed by atoms with E-state index >= 15 is 0 Å². The van der Waals surface area contributed by atoms with Gasteiger partial charge >= 0.3 is 0 Å². The lowest BCUT2D eigenvalue weighted by Gasteiger charge is -2.62. The number of β-amino-alcohol motifs (C(OH)–C–C–N with tert-alkyl or cyclic N) is 1. The molecule has 3 nitrogen and oxygen atoms in total.